The Kier molecular flexibility index (Phi) is 8.79. The molecule has 0 saturated carbocycles. The minimum atomic E-state index is 0.414. The second-order valence-corrected chi connectivity index (χ2v) is 6.58. The molecule has 0 aliphatic carbocycles. The summed E-state index contributed by atoms with van der Waals surface area (Å²) in [6.07, 6.45) is 3.96. The van der Waals surface area contributed by atoms with Crippen LogP contribution in [0.5, 0.6) is 5.75 Å². The minimum absolute atomic E-state index is 0.414. The molecule has 2 unspecified atom stereocenters. The van der Waals surface area contributed by atoms with Crippen LogP contribution in [0.3, 0.4) is 0 Å². The van der Waals surface area contributed by atoms with Crippen LogP contribution in [-0.2, 0) is 0 Å². The lowest BCUT2D eigenvalue weighted by Gasteiger charge is -2.25. The van der Waals surface area contributed by atoms with Gasteiger partial charge >= 0.3 is 0 Å². The summed E-state index contributed by atoms with van der Waals surface area (Å²) < 4.78 is 5.24. The van der Waals surface area contributed by atoms with Gasteiger partial charge in [-0.25, -0.2) is 0 Å². The summed E-state index contributed by atoms with van der Waals surface area (Å²) in [7, 11) is 1.71. The van der Waals surface area contributed by atoms with Crippen LogP contribution in [-0.4, -0.2) is 24.7 Å². The molecule has 1 aromatic carbocycles. The zero-order chi connectivity index (χ0) is 14.8. The first-order chi connectivity index (χ1) is 9.72. The summed E-state index contributed by atoms with van der Waals surface area (Å²) >= 11 is 2.08. The van der Waals surface area contributed by atoms with E-state index in [0.717, 1.165) is 12.3 Å². The predicted octanol–water partition coefficient (Wildman–Crippen LogP) is 4.66. The van der Waals surface area contributed by atoms with E-state index in [1.54, 1.807) is 7.11 Å². The van der Waals surface area contributed by atoms with Crippen LogP contribution in [0.4, 0.5) is 0 Å². The SMILES string of the molecule is CCCCCSC(C)C(NCC)c1ccc(OC)cc1. The van der Waals surface area contributed by atoms with Gasteiger partial charge in [0.05, 0.1) is 7.11 Å². The Balaban J connectivity index is 2.61. The summed E-state index contributed by atoms with van der Waals surface area (Å²) in [6.45, 7) is 7.75. The van der Waals surface area contributed by atoms with Gasteiger partial charge in [0.1, 0.15) is 5.75 Å². The third kappa shape index (κ3) is 5.76. The normalized spacial score (nSPS) is 14.0. The summed E-state index contributed by atoms with van der Waals surface area (Å²) in [4.78, 5) is 0. The fourth-order valence-corrected chi connectivity index (χ4v) is 3.49. The quantitative estimate of drug-likeness (QED) is 0.634. The zero-order valence-electron chi connectivity index (χ0n) is 13.3. The number of nitrogens with one attached hydrogen (secondary N) is 1. The third-order valence-electron chi connectivity index (χ3n) is 3.50. The first-order valence-electron chi connectivity index (χ1n) is 7.71. The molecule has 2 atom stereocenters. The van der Waals surface area contributed by atoms with E-state index in [2.05, 4.69) is 50.0 Å². The molecular formula is C17H29NOS. The Morgan fingerprint density at radius 1 is 1.15 bits per heavy atom. The molecule has 0 amide bonds. The van der Waals surface area contributed by atoms with E-state index >= 15 is 0 Å². The number of unbranched alkanes of at least 4 members (excludes halogenated alkanes) is 2. The predicted molar refractivity (Wildman–Crippen MR) is 90.9 cm³/mol. The summed E-state index contributed by atoms with van der Waals surface area (Å²) in [5.74, 6) is 2.18. The van der Waals surface area contributed by atoms with E-state index in [9.17, 15) is 0 Å². The van der Waals surface area contributed by atoms with Gasteiger partial charge in [-0.1, -0.05) is 45.7 Å². The monoisotopic (exact) mass is 295 g/mol. The highest BCUT2D eigenvalue weighted by Crippen LogP contribution is 2.28. The lowest BCUT2D eigenvalue weighted by atomic mass is 10.0. The van der Waals surface area contributed by atoms with Gasteiger partial charge < -0.3 is 10.1 Å². The molecular weight excluding hydrogens is 266 g/mol. The van der Waals surface area contributed by atoms with Gasteiger partial charge in [0, 0.05) is 11.3 Å². The Hall–Kier alpha value is -0.670. The van der Waals surface area contributed by atoms with Gasteiger partial charge in [0.25, 0.3) is 0 Å². The molecule has 0 aliphatic rings. The summed E-state index contributed by atoms with van der Waals surface area (Å²) in [5, 5.41) is 4.20. The van der Waals surface area contributed by atoms with Crippen molar-refractivity contribution >= 4 is 11.8 Å². The molecule has 1 rings (SSSR count). The van der Waals surface area contributed by atoms with Crippen molar-refractivity contribution in [1.29, 1.82) is 0 Å². The van der Waals surface area contributed by atoms with Gasteiger partial charge in [-0.05, 0) is 36.4 Å². The maximum Gasteiger partial charge on any atom is 0.118 e. The molecule has 0 bridgehead atoms. The molecule has 3 heteroatoms. The average Bonchev–Trinajstić information content (AvgIpc) is 2.49. The summed E-state index contributed by atoms with van der Waals surface area (Å²) in [5.41, 5.74) is 1.35. The van der Waals surface area contributed by atoms with Crippen molar-refractivity contribution in [1.82, 2.24) is 5.32 Å². The molecule has 0 fully saturated rings. The fraction of sp³-hybridized carbons (Fsp3) is 0.647. The largest absolute Gasteiger partial charge is 0.497 e. The average molecular weight is 295 g/mol. The fourth-order valence-electron chi connectivity index (χ4n) is 2.30. The molecule has 0 saturated heterocycles. The molecule has 0 aliphatic heterocycles. The molecule has 114 valence electrons. The Bertz CT molecular complexity index is 353. The number of thioether (sulfide) groups is 1. The molecule has 20 heavy (non-hydrogen) atoms. The maximum atomic E-state index is 5.24. The van der Waals surface area contributed by atoms with Crippen LogP contribution >= 0.6 is 11.8 Å². The first kappa shape index (κ1) is 17.4. The second-order valence-electron chi connectivity index (χ2n) is 5.09. The van der Waals surface area contributed by atoms with Crippen molar-refractivity contribution in [3.05, 3.63) is 29.8 Å². The van der Waals surface area contributed by atoms with Crippen molar-refractivity contribution in [3.8, 4) is 5.75 Å². The van der Waals surface area contributed by atoms with Gasteiger partial charge in [-0.15, -0.1) is 0 Å². The van der Waals surface area contributed by atoms with Crippen LogP contribution in [0.15, 0.2) is 24.3 Å². The minimum Gasteiger partial charge on any atom is -0.497 e. The summed E-state index contributed by atoms with van der Waals surface area (Å²) in [6, 6.07) is 8.87. The number of benzene rings is 1. The van der Waals surface area contributed by atoms with Crippen LogP contribution in [0, 0.1) is 0 Å². The molecule has 2 nitrogen and oxygen atoms in total. The van der Waals surface area contributed by atoms with E-state index in [1.807, 2.05) is 12.1 Å². The lowest BCUT2D eigenvalue weighted by molar-refractivity contribution is 0.414. The topological polar surface area (TPSA) is 21.3 Å². The molecule has 1 aromatic rings. The molecule has 0 radical (unpaired) electrons. The van der Waals surface area contributed by atoms with Crippen molar-refractivity contribution in [2.24, 2.45) is 0 Å². The Labute approximate surface area is 128 Å². The smallest absolute Gasteiger partial charge is 0.118 e. The van der Waals surface area contributed by atoms with Gasteiger partial charge in [0.15, 0.2) is 0 Å². The van der Waals surface area contributed by atoms with Crippen molar-refractivity contribution in [2.45, 2.75) is 51.3 Å². The van der Waals surface area contributed by atoms with E-state index in [1.165, 1.54) is 30.6 Å². The van der Waals surface area contributed by atoms with E-state index in [4.69, 9.17) is 4.74 Å². The zero-order valence-corrected chi connectivity index (χ0v) is 14.1. The van der Waals surface area contributed by atoms with Crippen LogP contribution < -0.4 is 10.1 Å². The maximum absolute atomic E-state index is 5.24. The first-order valence-corrected chi connectivity index (χ1v) is 8.76. The van der Waals surface area contributed by atoms with Crippen LogP contribution in [0.25, 0.3) is 0 Å². The highest BCUT2D eigenvalue weighted by molar-refractivity contribution is 7.99. The Morgan fingerprint density at radius 3 is 2.40 bits per heavy atom. The number of methoxy groups -OCH3 is 1. The lowest BCUT2D eigenvalue weighted by Crippen LogP contribution is -2.28. The highest BCUT2D eigenvalue weighted by atomic mass is 32.2. The molecule has 0 spiro atoms. The van der Waals surface area contributed by atoms with Crippen LogP contribution in [0.2, 0.25) is 0 Å². The van der Waals surface area contributed by atoms with Crippen molar-refractivity contribution in [2.75, 3.05) is 19.4 Å². The van der Waals surface area contributed by atoms with Gasteiger partial charge in [-0.3, -0.25) is 0 Å². The standard InChI is InChI=1S/C17H29NOS/c1-5-7-8-13-20-14(3)17(18-6-2)15-9-11-16(19-4)12-10-15/h9-12,14,17-18H,5-8,13H2,1-4H3. The van der Waals surface area contributed by atoms with Crippen molar-refractivity contribution < 1.29 is 4.74 Å². The molecule has 0 heterocycles. The van der Waals surface area contributed by atoms with Gasteiger partial charge in [-0.2, -0.15) is 11.8 Å². The van der Waals surface area contributed by atoms with Crippen LogP contribution in [0.1, 0.15) is 51.6 Å². The third-order valence-corrected chi connectivity index (χ3v) is 4.82. The molecule has 1 N–H and O–H groups in total. The van der Waals surface area contributed by atoms with Crippen molar-refractivity contribution in [3.63, 3.8) is 0 Å². The number of rotatable bonds is 10. The number of hydrogen-bond donors (Lipinski definition) is 1. The van der Waals surface area contributed by atoms with E-state index in [-0.39, 0.29) is 0 Å². The number of ether oxygens (including phenoxy) is 1. The van der Waals surface area contributed by atoms with Gasteiger partial charge in [0.2, 0.25) is 0 Å². The van der Waals surface area contributed by atoms with E-state index < -0.39 is 0 Å². The Morgan fingerprint density at radius 2 is 1.85 bits per heavy atom. The highest BCUT2D eigenvalue weighted by Gasteiger charge is 2.18. The number of hydrogen-bond acceptors (Lipinski definition) is 3. The molecule has 0 aromatic heterocycles. The van der Waals surface area contributed by atoms with E-state index in [0.29, 0.717) is 11.3 Å². The second kappa shape index (κ2) is 10.1.